The fourth-order valence-electron chi connectivity index (χ4n) is 2.86. The first-order valence-corrected chi connectivity index (χ1v) is 10.8. The van der Waals surface area contributed by atoms with Crippen LogP contribution in [-0.2, 0) is 21.4 Å². The Labute approximate surface area is 179 Å². The molecule has 156 valence electrons. The number of guanidine groups is 1. The van der Waals surface area contributed by atoms with Gasteiger partial charge in [0.1, 0.15) is 12.4 Å². The van der Waals surface area contributed by atoms with Gasteiger partial charge in [-0.3, -0.25) is 4.99 Å². The van der Waals surface area contributed by atoms with E-state index >= 15 is 0 Å². The van der Waals surface area contributed by atoms with E-state index in [4.69, 9.17) is 9.15 Å². The van der Waals surface area contributed by atoms with Crippen molar-refractivity contribution >= 4 is 40.0 Å². The molecule has 1 fully saturated rings. The number of hydrogen-bond donors (Lipinski definition) is 2. The standard InChI is InChI=1S/C17H30N4O4S.HI/c1-18-17(19-8-4-11-24-14-16-5-3-12-25-16)20-13-15-6-9-21(10-7-15)26(2,22)23;/h3,5,12,15H,4,6-11,13-14H2,1-2H3,(H2,18,19,20);1H. The van der Waals surface area contributed by atoms with E-state index in [1.165, 1.54) is 6.26 Å². The third-order valence-corrected chi connectivity index (χ3v) is 5.71. The number of sulfonamides is 1. The van der Waals surface area contributed by atoms with Crippen molar-refractivity contribution in [1.29, 1.82) is 0 Å². The summed E-state index contributed by atoms with van der Waals surface area (Å²) in [6, 6.07) is 3.74. The Hall–Kier alpha value is -0.850. The molecule has 0 amide bonds. The van der Waals surface area contributed by atoms with E-state index < -0.39 is 10.0 Å². The summed E-state index contributed by atoms with van der Waals surface area (Å²) < 4.78 is 35.4. The molecule has 2 N–H and O–H groups in total. The molecule has 0 aromatic carbocycles. The molecule has 0 saturated carbocycles. The van der Waals surface area contributed by atoms with E-state index in [0.717, 1.165) is 44.1 Å². The molecule has 1 aromatic rings. The first-order valence-electron chi connectivity index (χ1n) is 8.99. The highest BCUT2D eigenvalue weighted by Gasteiger charge is 2.24. The molecule has 0 atom stereocenters. The SMILES string of the molecule is CN=C(NCCCOCc1ccco1)NCC1CCN(S(C)(=O)=O)CC1.I. The minimum Gasteiger partial charge on any atom is -0.467 e. The predicted octanol–water partition coefficient (Wildman–Crippen LogP) is 1.64. The van der Waals surface area contributed by atoms with Gasteiger partial charge in [-0.2, -0.15) is 0 Å². The second-order valence-electron chi connectivity index (χ2n) is 6.47. The Balaban J connectivity index is 0.00000364. The van der Waals surface area contributed by atoms with Crippen LogP contribution in [0.25, 0.3) is 0 Å². The van der Waals surface area contributed by atoms with Crippen LogP contribution in [0.15, 0.2) is 27.8 Å². The van der Waals surface area contributed by atoms with Gasteiger partial charge < -0.3 is 19.8 Å². The molecule has 0 radical (unpaired) electrons. The Morgan fingerprint density at radius 3 is 2.70 bits per heavy atom. The quantitative estimate of drug-likeness (QED) is 0.225. The van der Waals surface area contributed by atoms with Crippen LogP contribution in [0, 0.1) is 5.92 Å². The minimum atomic E-state index is -3.06. The lowest BCUT2D eigenvalue weighted by Crippen LogP contribution is -2.44. The predicted molar refractivity (Wildman–Crippen MR) is 117 cm³/mol. The normalized spacial score (nSPS) is 16.7. The largest absolute Gasteiger partial charge is 0.467 e. The molecule has 2 rings (SSSR count). The van der Waals surface area contributed by atoms with Gasteiger partial charge in [0.05, 0.1) is 12.5 Å². The molecule has 27 heavy (non-hydrogen) atoms. The molecule has 1 aromatic heterocycles. The van der Waals surface area contributed by atoms with Crippen LogP contribution in [0.2, 0.25) is 0 Å². The third kappa shape index (κ3) is 9.26. The number of ether oxygens (including phenoxy) is 1. The van der Waals surface area contributed by atoms with Gasteiger partial charge in [-0.25, -0.2) is 12.7 Å². The molecule has 1 saturated heterocycles. The first kappa shape index (κ1) is 24.2. The van der Waals surface area contributed by atoms with Crippen molar-refractivity contribution in [3.05, 3.63) is 24.2 Å². The van der Waals surface area contributed by atoms with Crippen molar-refractivity contribution in [1.82, 2.24) is 14.9 Å². The zero-order chi connectivity index (χ0) is 18.8. The van der Waals surface area contributed by atoms with E-state index in [1.54, 1.807) is 17.6 Å². The van der Waals surface area contributed by atoms with Crippen LogP contribution in [0.1, 0.15) is 25.0 Å². The molecule has 8 nitrogen and oxygen atoms in total. The maximum absolute atomic E-state index is 11.5. The number of furan rings is 1. The Kier molecular flexibility index (Phi) is 11.3. The van der Waals surface area contributed by atoms with E-state index in [0.29, 0.717) is 32.2 Å². The molecule has 2 heterocycles. The number of hydrogen-bond acceptors (Lipinski definition) is 5. The molecule has 1 aliphatic heterocycles. The smallest absolute Gasteiger partial charge is 0.211 e. The Bertz CT molecular complexity index is 644. The molecule has 0 unspecified atom stereocenters. The van der Waals surface area contributed by atoms with Gasteiger partial charge in [0.15, 0.2) is 5.96 Å². The number of piperidine rings is 1. The Morgan fingerprint density at radius 2 is 2.11 bits per heavy atom. The minimum absolute atomic E-state index is 0. The highest BCUT2D eigenvalue weighted by atomic mass is 127. The van der Waals surface area contributed by atoms with Gasteiger partial charge in [0, 0.05) is 39.8 Å². The summed E-state index contributed by atoms with van der Waals surface area (Å²) in [5.41, 5.74) is 0. The van der Waals surface area contributed by atoms with Crippen molar-refractivity contribution in [3.8, 4) is 0 Å². The van der Waals surface area contributed by atoms with Gasteiger partial charge in [0.25, 0.3) is 0 Å². The van der Waals surface area contributed by atoms with Gasteiger partial charge >= 0.3 is 0 Å². The number of halogens is 1. The monoisotopic (exact) mass is 514 g/mol. The van der Waals surface area contributed by atoms with Crippen molar-refractivity contribution in [2.24, 2.45) is 10.9 Å². The van der Waals surface area contributed by atoms with Crippen LogP contribution in [0.5, 0.6) is 0 Å². The molecule has 0 aliphatic carbocycles. The third-order valence-electron chi connectivity index (χ3n) is 4.41. The first-order chi connectivity index (χ1) is 12.5. The lowest BCUT2D eigenvalue weighted by molar-refractivity contribution is 0.105. The van der Waals surface area contributed by atoms with Crippen molar-refractivity contribution in [2.45, 2.75) is 25.9 Å². The lowest BCUT2D eigenvalue weighted by Gasteiger charge is -2.30. The highest BCUT2D eigenvalue weighted by Crippen LogP contribution is 2.18. The van der Waals surface area contributed by atoms with Gasteiger partial charge in [-0.05, 0) is 37.3 Å². The van der Waals surface area contributed by atoms with Crippen molar-refractivity contribution in [2.75, 3.05) is 46.1 Å². The van der Waals surface area contributed by atoms with Crippen LogP contribution in [0.4, 0.5) is 0 Å². The summed E-state index contributed by atoms with van der Waals surface area (Å²) in [5, 5.41) is 6.59. The zero-order valence-electron chi connectivity index (χ0n) is 16.0. The van der Waals surface area contributed by atoms with Crippen LogP contribution in [-0.4, -0.2) is 64.8 Å². The number of aliphatic imine (C=N–C) groups is 1. The summed E-state index contributed by atoms with van der Waals surface area (Å²) in [4.78, 5) is 4.22. The number of nitrogens with one attached hydrogen (secondary N) is 2. The van der Waals surface area contributed by atoms with Gasteiger partial charge in [0.2, 0.25) is 10.0 Å². The summed E-state index contributed by atoms with van der Waals surface area (Å²) in [6.07, 6.45) is 5.53. The van der Waals surface area contributed by atoms with Crippen molar-refractivity contribution < 1.29 is 17.6 Å². The molecule has 1 aliphatic rings. The number of rotatable bonds is 9. The molecular formula is C17H31IN4O4S. The summed E-state index contributed by atoms with van der Waals surface area (Å²) in [7, 11) is -1.32. The van der Waals surface area contributed by atoms with E-state index in [2.05, 4.69) is 15.6 Å². The van der Waals surface area contributed by atoms with Crippen LogP contribution < -0.4 is 10.6 Å². The van der Waals surface area contributed by atoms with Crippen LogP contribution >= 0.6 is 24.0 Å². The molecule has 10 heteroatoms. The lowest BCUT2D eigenvalue weighted by atomic mass is 9.98. The molecule has 0 spiro atoms. The summed E-state index contributed by atoms with van der Waals surface area (Å²) in [5.74, 6) is 2.06. The summed E-state index contributed by atoms with van der Waals surface area (Å²) >= 11 is 0. The average molecular weight is 514 g/mol. The topological polar surface area (TPSA) is 96.2 Å². The second-order valence-corrected chi connectivity index (χ2v) is 8.45. The van der Waals surface area contributed by atoms with E-state index in [9.17, 15) is 8.42 Å². The zero-order valence-corrected chi connectivity index (χ0v) is 19.2. The van der Waals surface area contributed by atoms with Crippen LogP contribution in [0.3, 0.4) is 0 Å². The molecule has 0 bridgehead atoms. The fourth-order valence-corrected chi connectivity index (χ4v) is 3.73. The molecular weight excluding hydrogens is 483 g/mol. The fraction of sp³-hybridized carbons (Fsp3) is 0.706. The Morgan fingerprint density at radius 1 is 1.37 bits per heavy atom. The van der Waals surface area contributed by atoms with Gasteiger partial charge in [-0.1, -0.05) is 0 Å². The van der Waals surface area contributed by atoms with E-state index in [-0.39, 0.29) is 24.0 Å². The average Bonchev–Trinajstić information content (AvgIpc) is 3.13. The maximum atomic E-state index is 11.5. The highest BCUT2D eigenvalue weighted by molar-refractivity contribution is 14.0. The second kappa shape index (κ2) is 12.6. The van der Waals surface area contributed by atoms with Gasteiger partial charge in [-0.15, -0.1) is 24.0 Å². The van der Waals surface area contributed by atoms with Crippen molar-refractivity contribution in [3.63, 3.8) is 0 Å². The number of nitrogens with zero attached hydrogens (tertiary/aromatic N) is 2. The summed E-state index contributed by atoms with van der Waals surface area (Å²) in [6.45, 7) is 3.91. The maximum Gasteiger partial charge on any atom is 0.211 e. The van der Waals surface area contributed by atoms with E-state index in [1.807, 2.05) is 12.1 Å².